The van der Waals surface area contributed by atoms with Gasteiger partial charge < -0.3 is 15.4 Å². The van der Waals surface area contributed by atoms with Gasteiger partial charge in [-0.1, -0.05) is 32.0 Å². The summed E-state index contributed by atoms with van der Waals surface area (Å²) in [5.41, 5.74) is 2.98. The molecule has 0 atom stereocenters. The summed E-state index contributed by atoms with van der Waals surface area (Å²) in [7, 11) is 1.62. The SMILES string of the molecule is COc1ccc(Nc2cnc(C(=O)Nc3ccccc3C(C)C)cn2)cc1. The van der Waals surface area contributed by atoms with E-state index in [1.54, 1.807) is 7.11 Å². The minimum Gasteiger partial charge on any atom is -0.497 e. The van der Waals surface area contributed by atoms with Crippen LogP contribution in [0.2, 0.25) is 0 Å². The predicted octanol–water partition coefficient (Wildman–Crippen LogP) is 4.60. The Bertz CT molecular complexity index is 906. The van der Waals surface area contributed by atoms with Crippen LogP contribution in [0, 0.1) is 0 Å². The first-order chi connectivity index (χ1) is 13.1. The first kappa shape index (κ1) is 18.4. The highest BCUT2D eigenvalue weighted by molar-refractivity contribution is 6.03. The molecular formula is C21H22N4O2. The van der Waals surface area contributed by atoms with E-state index in [0.29, 0.717) is 11.7 Å². The van der Waals surface area contributed by atoms with Crippen molar-refractivity contribution in [2.45, 2.75) is 19.8 Å². The zero-order chi connectivity index (χ0) is 19.2. The van der Waals surface area contributed by atoms with Gasteiger partial charge in [0.2, 0.25) is 0 Å². The van der Waals surface area contributed by atoms with Gasteiger partial charge in [-0.05, 0) is 41.8 Å². The number of nitrogens with zero attached hydrogens (tertiary/aromatic N) is 2. The number of hydrogen-bond donors (Lipinski definition) is 2. The van der Waals surface area contributed by atoms with E-state index in [1.807, 2.05) is 48.5 Å². The van der Waals surface area contributed by atoms with Crippen molar-refractivity contribution in [3.8, 4) is 5.75 Å². The molecule has 1 amide bonds. The van der Waals surface area contributed by atoms with Crippen LogP contribution in [0.3, 0.4) is 0 Å². The van der Waals surface area contributed by atoms with Gasteiger partial charge in [0.25, 0.3) is 5.91 Å². The topological polar surface area (TPSA) is 76.1 Å². The Morgan fingerprint density at radius 3 is 2.37 bits per heavy atom. The molecule has 0 fully saturated rings. The smallest absolute Gasteiger partial charge is 0.275 e. The van der Waals surface area contributed by atoms with Gasteiger partial charge in [-0.3, -0.25) is 4.79 Å². The molecular weight excluding hydrogens is 340 g/mol. The van der Waals surface area contributed by atoms with Crippen molar-refractivity contribution in [3.63, 3.8) is 0 Å². The minimum absolute atomic E-state index is 0.258. The summed E-state index contributed by atoms with van der Waals surface area (Å²) in [5, 5.41) is 6.05. The zero-order valence-electron chi connectivity index (χ0n) is 15.6. The number of hydrogen-bond acceptors (Lipinski definition) is 5. The molecule has 0 unspecified atom stereocenters. The Kier molecular flexibility index (Phi) is 5.66. The number of rotatable bonds is 6. The van der Waals surface area contributed by atoms with E-state index in [0.717, 1.165) is 22.7 Å². The molecule has 2 aromatic carbocycles. The van der Waals surface area contributed by atoms with E-state index in [4.69, 9.17) is 4.74 Å². The second-order valence-electron chi connectivity index (χ2n) is 6.34. The summed E-state index contributed by atoms with van der Waals surface area (Å²) in [6.07, 6.45) is 2.99. The molecule has 1 heterocycles. The molecule has 2 N–H and O–H groups in total. The largest absolute Gasteiger partial charge is 0.497 e. The van der Waals surface area contributed by atoms with Gasteiger partial charge in [0.1, 0.15) is 17.3 Å². The number of nitrogens with one attached hydrogen (secondary N) is 2. The molecule has 0 saturated carbocycles. The average Bonchev–Trinajstić information content (AvgIpc) is 2.69. The van der Waals surface area contributed by atoms with E-state index < -0.39 is 0 Å². The van der Waals surface area contributed by atoms with E-state index in [2.05, 4.69) is 34.4 Å². The third-order valence-corrected chi connectivity index (χ3v) is 4.08. The molecule has 6 nitrogen and oxygen atoms in total. The van der Waals surface area contributed by atoms with Crippen molar-refractivity contribution in [1.82, 2.24) is 9.97 Å². The van der Waals surface area contributed by atoms with Crippen molar-refractivity contribution < 1.29 is 9.53 Å². The quantitative estimate of drug-likeness (QED) is 0.670. The van der Waals surface area contributed by atoms with Crippen LogP contribution in [-0.2, 0) is 0 Å². The highest BCUT2D eigenvalue weighted by Crippen LogP contribution is 2.24. The second-order valence-corrected chi connectivity index (χ2v) is 6.34. The number of carbonyl (C=O) groups excluding carboxylic acids is 1. The first-order valence-electron chi connectivity index (χ1n) is 8.70. The average molecular weight is 362 g/mol. The molecule has 0 aliphatic rings. The number of benzene rings is 2. The van der Waals surface area contributed by atoms with Crippen molar-refractivity contribution in [2.24, 2.45) is 0 Å². The number of ether oxygens (including phenoxy) is 1. The summed E-state index contributed by atoms with van der Waals surface area (Å²) >= 11 is 0. The maximum absolute atomic E-state index is 12.5. The van der Waals surface area contributed by atoms with Gasteiger partial charge in [0.15, 0.2) is 0 Å². The maximum Gasteiger partial charge on any atom is 0.275 e. The highest BCUT2D eigenvalue weighted by Gasteiger charge is 2.12. The molecule has 3 aromatic rings. The fourth-order valence-electron chi connectivity index (χ4n) is 2.63. The molecule has 0 radical (unpaired) electrons. The third-order valence-electron chi connectivity index (χ3n) is 4.08. The summed E-state index contributed by atoms with van der Waals surface area (Å²) in [6.45, 7) is 4.18. The predicted molar refractivity (Wildman–Crippen MR) is 107 cm³/mol. The Hall–Kier alpha value is -3.41. The lowest BCUT2D eigenvalue weighted by Crippen LogP contribution is -2.15. The molecule has 27 heavy (non-hydrogen) atoms. The second kappa shape index (κ2) is 8.31. The molecule has 0 bridgehead atoms. The summed E-state index contributed by atoms with van der Waals surface area (Å²) in [4.78, 5) is 21.0. The fourth-order valence-corrected chi connectivity index (χ4v) is 2.63. The van der Waals surface area contributed by atoms with Gasteiger partial charge in [0.05, 0.1) is 19.5 Å². The molecule has 0 spiro atoms. The Labute approximate surface area is 158 Å². The third kappa shape index (κ3) is 4.61. The molecule has 6 heteroatoms. The van der Waals surface area contributed by atoms with Crippen LogP contribution in [0.4, 0.5) is 17.2 Å². The monoisotopic (exact) mass is 362 g/mol. The number of carbonyl (C=O) groups is 1. The summed E-state index contributed by atoms with van der Waals surface area (Å²) < 4.78 is 5.13. The van der Waals surface area contributed by atoms with Crippen LogP contribution in [0.15, 0.2) is 60.9 Å². The van der Waals surface area contributed by atoms with E-state index in [1.165, 1.54) is 12.4 Å². The van der Waals surface area contributed by atoms with Crippen LogP contribution in [-0.4, -0.2) is 23.0 Å². The van der Waals surface area contributed by atoms with Crippen LogP contribution in [0.5, 0.6) is 5.75 Å². The highest BCUT2D eigenvalue weighted by atomic mass is 16.5. The molecule has 138 valence electrons. The van der Waals surface area contributed by atoms with E-state index in [9.17, 15) is 4.79 Å². The van der Waals surface area contributed by atoms with Crippen molar-refractivity contribution in [3.05, 3.63) is 72.2 Å². The lowest BCUT2D eigenvalue weighted by molar-refractivity contribution is 0.102. The lowest BCUT2D eigenvalue weighted by atomic mass is 10.0. The maximum atomic E-state index is 12.5. The molecule has 0 aliphatic carbocycles. The number of methoxy groups -OCH3 is 1. The Balaban J connectivity index is 1.68. The summed E-state index contributed by atoms with van der Waals surface area (Å²) in [6, 6.07) is 15.2. The van der Waals surface area contributed by atoms with Crippen molar-refractivity contribution in [1.29, 1.82) is 0 Å². The molecule has 0 saturated heterocycles. The van der Waals surface area contributed by atoms with E-state index >= 15 is 0 Å². The number of aromatic nitrogens is 2. The van der Waals surface area contributed by atoms with Crippen LogP contribution < -0.4 is 15.4 Å². The fraction of sp³-hybridized carbons (Fsp3) is 0.190. The number of anilines is 3. The number of para-hydroxylation sites is 1. The molecule has 1 aromatic heterocycles. The Morgan fingerprint density at radius 2 is 1.74 bits per heavy atom. The normalized spacial score (nSPS) is 10.5. The summed E-state index contributed by atoms with van der Waals surface area (Å²) in [5.74, 6) is 1.36. The van der Waals surface area contributed by atoms with Crippen LogP contribution >= 0.6 is 0 Å². The van der Waals surface area contributed by atoms with Gasteiger partial charge in [0, 0.05) is 11.4 Å². The van der Waals surface area contributed by atoms with Crippen LogP contribution in [0.1, 0.15) is 35.8 Å². The van der Waals surface area contributed by atoms with Gasteiger partial charge >= 0.3 is 0 Å². The minimum atomic E-state index is -0.286. The standard InChI is InChI=1S/C21H22N4O2/c1-14(2)17-6-4-5-7-18(17)25-21(26)19-12-23-20(13-22-19)24-15-8-10-16(27-3)11-9-15/h4-14H,1-3H3,(H,23,24)(H,25,26). The van der Waals surface area contributed by atoms with Gasteiger partial charge in [-0.15, -0.1) is 0 Å². The lowest BCUT2D eigenvalue weighted by Gasteiger charge is -2.13. The van der Waals surface area contributed by atoms with E-state index in [-0.39, 0.29) is 11.6 Å². The van der Waals surface area contributed by atoms with Gasteiger partial charge in [-0.2, -0.15) is 0 Å². The van der Waals surface area contributed by atoms with Crippen molar-refractivity contribution >= 4 is 23.1 Å². The van der Waals surface area contributed by atoms with Gasteiger partial charge in [-0.25, -0.2) is 9.97 Å². The molecule has 3 rings (SSSR count). The van der Waals surface area contributed by atoms with Crippen molar-refractivity contribution in [2.75, 3.05) is 17.7 Å². The van der Waals surface area contributed by atoms with Crippen LogP contribution in [0.25, 0.3) is 0 Å². The molecule has 0 aliphatic heterocycles. The zero-order valence-corrected chi connectivity index (χ0v) is 15.6. The Morgan fingerprint density at radius 1 is 1.00 bits per heavy atom. The first-order valence-corrected chi connectivity index (χ1v) is 8.70. The number of amides is 1.